The SMILES string of the molecule is COc1ccc2c(c1)C=C(C(C)(C)C)[N+]2(Cc1ccc(Br)cc1)C(=O)O. The van der Waals surface area contributed by atoms with E-state index >= 15 is 0 Å². The minimum atomic E-state index is -0.877. The van der Waals surface area contributed by atoms with Gasteiger partial charge in [0.15, 0.2) is 5.69 Å². The second-order valence-corrected chi connectivity index (χ2v) is 8.50. The van der Waals surface area contributed by atoms with Crippen LogP contribution in [0.3, 0.4) is 0 Å². The minimum Gasteiger partial charge on any atom is -0.497 e. The van der Waals surface area contributed by atoms with Crippen molar-refractivity contribution in [1.29, 1.82) is 0 Å². The van der Waals surface area contributed by atoms with Gasteiger partial charge in [-0.15, -0.1) is 0 Å². The van der Waals surface area contributed by atoms with Crippen LogP contribution in [0.15, 0.2) is 52.6 Å². The summed E-state index contributed by atoms with van der Waals surface area (Å²) in [6.07, 6.45) is 1.13. The fourth-order valence-electron chi connectivity index (χ4n) is 3.61. The Morgan fingerprint density at radius 3 is 2.35 bits per heavy atom. The number of methoxy groups -OCH3 is 1. The minimum absolute atomic E-state index is 0.218. The molecule has 1 atom stereocenters. The molecule has 1 N–H and O–H groups in total. The first-order valence-electron chi connectivity index (χ1n) is 8.46. The Hall–Kier alpha value is -2.11. The Morgan fingerprint density at radius 2 is 1.81 bits per heavy atom. The summed E-state index contributed by atoms with van der Waals surface area (Å²) in [6.45, 7) is 6.52. The third-order valence-electron chi connectivity index (χ3n) is 4.78. The Kier molecular flexibility index (Phi) is 4.71. The lowest BCUT2D eigenvalue weighted by atomic mass is 9.89. The number of nitrogens with zero attached hydrogens (tertiary/aromatic N) is 1. The molecule has 0 radical (unpaired) electrons. The summed E-state index contributed by atoms with van der Waals surface area (Å²) >= 11 is 3.44. The summed E-state index contributed by atoms with van der Waals surface area (Å²) in [6, 6.07) is 13.4. The largest absolute Gasteiger partial charge is 0.524 e. The third kappa shape index (κ3) is 3.06. The van der Waals surface area contributed by atoms with Gasteiger partial charge in [0.1, 0.15) is 18.0 Å². The van der Waals surface area contributed by atoms with E-state index in [1.165, 1.54) is 0 Å². The molecule has 5 heteroatoms. The zero-order valence-corrected chi connectivity index (χ0v) is 17.0. The van der Waals surface area contributed by atoms with Gasteiger partial charge in [0.25, 0.3) is 0 Å². The van der Waals surface area contributed by atoms with Crippen molar-refractivity contribution < 1.29 is 14.6 Å². The molecule has 0 bridgehead atoms. The van der Waals surface area contributed by atoms with Crippen LogP contribution in [0.2, 0.25) is 0 Å². The van der Waals surface area contributed by atoms with Crippen LogP contribution in [0.4, 0.5) is 10.5 Å². The maximum absolute atomic E-state index is 12.7. The molecule has 4 nitrogen and oxygen atoms in total. The van der Waals surface area contributed by atoms with Gasteiger partial charge < -0.3 is 9.84 Å². The Labute approximate surface area is 162 Å². The Bertz CT molecular complexity index is 881. The number of quaternary nitrogens is 1. The Morgan fingerprint density at radius 1 is 1.15 bits per heavy atom. The highest BCUT2D eigenvalue weighted by molar-refractivity contribution is 9.10. The topological polar surface area (TPSA) is 46.5 Å². The monoisotopic (exact) mass is 416 g/mol. The normalized spacial score (nSPS) is 19.0. The standard InChI is InChI=1S/C21H22BrNO3/c1-21(2,3)19-12-15-11-17(26-4)9-10-18(15)23(19,20(24)25)13-14-5-7-16(22)8-6-14/h5-12H,13H2,1-4H3/p+1. The number of carbonyl (C=O) groups is 1. The highest BCUT2D eigenvalue weighted by Gasteiger charge is 2.53. The van der Waals surface area contributed by atoms with E-state index in [1.807, 2.05) is 48.5 Å². The molecular weight excluding hydrogens is 394 g/mol. The molecule has 136 valence electrons. The summed E-state index contributed by atoms with van der Waals surface area (Å²) in [5, 5.41) is 10.4. The highest BCUT2D eigenvalue weighted by atomic mass is 79.9. The highest BCUT2D eigenvalue weighted by Crippen LogP contribution is 2.49. The number of hydrogen-bond donors (Lipinski definition) is 1. The van der Waals surface area contributed by atoms with Gasteiger partial charge in [0.2, 0.25) is 0 Å². The quantitative estimate of drug-likeness (QED) is 0.619. The first-order chi connectivity index (χ1) is 12.2. The number of rotatable bonds is 3. The second kappa shape index (κ2) is 6.56. The zero-order chi connectivity index (χ0) is 19.1. The number of ether oxygens (including phenoxy) is 1. The average molecular weight is 417 g/mol. The predicted molar refractivity (Wildman–Crippen MR) is 108 cm³/mol. The smallest absolute Gasteiger partial charge is 0.497 e. The molecule has 0 aliphatic carbocycles. The van der Waals surface area contributed by atoms with Gasteiger partial charge in [-0.3, -0.25) is 0 Å². The average Bonchev–Trinajstić information content (AvgIpc) is 2.92. The molecule has 2 aromatic rings. The van der Waals surface area contributed by atoms with Crippen LogP contribution < -0.4 is 9.22 Å². The van der Waals surface area contributed by atoms with E-state index in [9.17, 15) is 9.90 Å². The fraction of sp³-hybridized carbons (Fsp3) is 0.286. The molecule has 0 fully saturated rings. The van der Waals surface area contributed by atoms with E-state index in [0.717, 1.165) is 32.7 Å². The first kappa shape index (κ1) is 18.7. The van der Waals surface area contributed by atoms with Crippen LogP contribution in [0.25, 0.3) is 6.08 Å². The molecule has 0 saturated heterocycles. The molecule has 1 aliphatic heterocycles. The lowest BCUT2D eigenvalue weighted by Gasteiger charge is -2.36. The van der Waals surface area contributed by atoms with Crippen molar-refractivity contribution in [3.05, 3.63) is 63.8 Å². The number of amides is 1. The van der Waals surface area contributed by atoms with E-state index in [-0.39, 0.29) is 9.90 Å². The maximum atomic E-state index is 12.7. The van der Waals surface area contributed by atoms with Crippen LogP contribution in [0.1, 0.15) is 31.9 Å². The van der Waals surface area contributed by atoms with E-state index in [1.54, 1.807) is 7.11 Å². The lowest BCUT2D eigenvalue weighted by molar-refractivity contribution is 0.149. The van der Waals surface area contributed by atoms with E-state index in [0.29, 0.717) is 6.54 Å². The number of allylic oxidation sites excluding steroid dienone is 1. The van der Waals surface area contributed by atoms with Gasteiger partial charge in [0, 0.05) is 33.2 Å². The zero-order valence-electron chi connectivity index (χ0n) is 15.4. The summed E-state index contributed by atoms with van der Waals surface area (Å²) in [5.41, 5.74) is 3.19. The van der Waals surface area contributed by atoms with Crippen LogP contribution >= 0.6 is 15.9 Å². The summed E-state index contributed by atoms with van der Waals surface area (Å²) in [5.74, 6) is 0.724. The molecule has 0 aromatic heterocycles. The molecular formula is C21H23BrNO3+. The first-order valence-corrected chi connectivity index (χ1v) is 9.25. The molecule has 0 saturated carbocycles. The van der Waals surface area contributed by atoms with Crippen molar-refractivity contribution in [3.8, 4) is 5.75 Å². The van der Waals surface area contributed by atoms with Gasteiger partial charge >= 0.3 is 6.09 Å². The summed E-state index contributed by atoms with van der Waals surface area (Å²) in [4.78, 5) is 12.7. The van der Waals surface area contributed by atoms with Gasteiger partial charge in [-0.2, -0.15) is 9.28 Å². The van der Waals surface area contributed by atoms with E-state index in [4.69, 9.17) is 4.74 Å². The van der Waals surface area contributed by atoms with Crippen molar-refractivity contribution in [2.75, 3.05) is 7.11 Å². The van der Waals surface area contributed by atoms with Crippen LogP contribution in [0.5, 0.6) is 5.75 Å². The van der Waals surface area contributed by atoms with E-state index < -0.39 is 6.09 Å². The van der Waals surface area contributed by atoms with Crippen LogP contribution in [-0.2, 0) is 6.54 Å². The van der Waals surface area contributed by atoms with Crippen molar-refractivity contribution in [2.45, 2.75) is 27.3 Å². The van der Waals surface area contributed by atoms with Crippen molar-refractivity contribution in [3.63, 3.8) is 0 Å². The molecule has 1 unspecified atom stereocenters. The van der Waals surface area contributed by atoms with Gasteiger partial charge in [-0.05, 0) is 24.3 Å². The summed E-state index contributed by atoms with van der Waals surface area (Å²) < 4.78 is 6.09. The van der Waals surface area contributed by atoms with Gasteiger partial charge in [-0.25, -0.2) is 0 Å². The molecule has 3 rings (SSSR count). The number of hydrogen-bond acceptors (Lipinski definition) is 2. The molecule has 1 amide bonds. The maximum Gasteiger partial charge on any atom is 0.524 e. The fourth-order valence-corrected chi connectivity index (χ4v) is 3.87. The van der Waals surface area contributed by atoms with Crippen molar-refractivity contribution >= 4 is 33.8 Å². The van der Waals surface area contributed by atoms with Gasteiger partial charge in [0.05, 0.1) is 7.11 Å². The Balaban J connectivity index is 2.22. The molecule has 1 aliphatic rings. The molecule has 2 aromatic carbocycles. The lowest BCUT2D eigenvalue weighted by Crippen LogP contribution is -2.53. The molecule has 1 heterocycles. The van der Waals surface area contributed by atoms with Gasteiger partial charge in [-0.1, -0.05) is 48.8 Å². The number of benzene rings is 2. The molecule has 0 spiro atoms. The molecule has 26 heavy (non-hydrogen) atoms. The summed E-state index contributed by atoms with van der Waals surface area (Å²) in [7, 11) is 1.62. The van der Waals surface area contributed by atoms with E-state index in [2.05, 4.69) is 36.7 Å². The predicted octanol–water partition coefficient (Wildman–Crippen LogP) is 6.04. The van der Waals surface area contributed by atoms with Crippen LogP contribution in [-0.4, -0.2) is 18.3 Å². The second-order valence-electron chi connectivity index (χ2n) is 7.58. The number of halogens is 1. The third-order valence-corrected chi connectivity index (χ3v) is 5.31. The number of fused-ring (bicyclic) bond motifs is 1. The van der Waals surface area contributed by atoms with Crippen LogP contribution in [0, 0.1) is 5.41 Å². The number of carboxylic acid groups (broad SMARTS) is 1. The van der Waals surface area contributed by atoms with Crippen molar-refractivity contribution in [1.82, 2.24) is 4.48 Å². The van der Waals surface area contributed by atoms with Crippen molar-refractivity contribution in [2.24, 2.45) is 5.41 Å².